The zero-order valence-corrected chi connectivity index (χ0v) is 16.3. The standard InChI is InChI=1S/C12H15.C2H6.2Y/c1-3-6-11-8-5-9-12(10-11)7-4-2;1-2;;/h5,8-9H,1-4,6-7H2;1-2H3;;/q-3;;;+3. The summed E-state index contributed by atoms with van der Waals surface area (Å²) < 4.78 is 0. The first-order chi connectivity index (χ1) is 6.86. The van der Waals surface area contributed by atoms with Crippen LogP contribution in [-0.2, 0) is 78.3 Å². The van der Waals surface area contributed by atoms with Gasteiger partial charge < -0.3 is 13.8 Å². The van der Waals surface area contributed by atoms with E-state index in [0.29, 0.717) is 0 Å². The molecule has 0 spiro atoms. The predicted molar refractivity (Wildman–Crippen MR) is 64.0 cm³/mol. The zero-order chi connectivity index (χ0) is 10.8. The SMILES string of the molecule is CC.[CH2-]CCc1[c-]c(CC[CH2-])ccc1.[Y+3].[Y]. The van der Waals surface area contributed by atoms with Gasteiger partial charge in [-0.25, -0.2) is 0 Å². The molecule has 0 aliphatic heterocycles. The summed E-state index contributed by atoms with van der Waals surface area (Å²) in [4.78, 5) is 0. The van der Waals surface area contributed by atoms with Crippen molar-refractivity contribution in [2.75, 3.05) is 0 Å². The van der Waals surface area contributed by atoms with E-state index in [1.54, 1.807) is 0 Å². The van der Waals surface area contributed by atoms with Crippen LogP contribution in [0.4, 0.5) is 0 Å². The molecule has 0 N–H and O–H groups in total. The molecule has 0 aromatic heterocycles. The molecule has 0 aliphatic carbocycles. The van der Waals surface area contributed by atoms with Gasteiger partial charge in [-0.05, 0) is 0 Å². The molecule has 0 aliphatic rings. The van der Waals surface area contributed by atoms with Crippen LogP contribution in [0.5, 0.6) is 0 Å². The molecule has 2 heteroatoms. The Morgan fingerprint density at radius 2 is 1.38 bits per heavy atom. The van der Waals surface area contributed by atoms with E-state index in [1.165, 1.54) is 11.1 Å². The molecular formula is C14H21Y2. The molecule has 0 nitrogen and oxygen atoms in total. The van der Waals surface area contributed by atoms with E-state index in [0.717, 1.165) is 25.7 Å². The fraction of sp³-hybridized carbons (Fsp3) is 0.429. The van der Waals surface area contributed by atoms with Crippen molar-refractivity contribution in [3.63, 3.8) is 0 Å². The largest absolute Gasteiger partial charge is 3.00 e. The van der Waals surface area contributed by atoms with Crippen LogP contribution < -0.4 is 0 Å². The molecule has 1 radical (unpaired) electrons. The van der Waals surface area contributed by atoms with Crippen molar-refractivity contribution in [2.24, 2.45) is 0 Å². The monoisotopic (exact) mass is 367 g/mol. The maximum absolute atomic E-state index is 3.82. The molecular weight excluding hydrogens is 346 g/mol. The summed E-state index contributed by atoms with van der Waals surface area (Å²) >= 11 is 0. The molecule has 16 heavy (non-hydrogen) atoms. The van der Waals surface area contributed by atoms with E-state index >= 15 is 0 Å². The van der Waals surface area contributed by atoms with Crippen molar-refractivity contribution in [2.45, 2.75) is 39.5 Å². The Hall–Kier alpha value is 1.43. The van der Waals surface area contributed by atoms with Crippen LogP contribution in [0.3, 0.4) is 0 Å². The maximum atomic E-state index is 3.82. The van der Waals surface area contributed by atoms with Crippen molar-refractivity contribution in [3.8, 4) is 0 Å². The molecule has 0 fully saturated rings. The van der Waals surface area contributed by atoms with Gasteiger partial charge in [0.15, 0.2) is 0 Å². The van der Waals surface area contributed by atoms with Crippen molar-refractivity contribution >= 4 is 0 Å². The molecule has 1 aromatic carbocycles. The van der Waals surface area contributed by atoms with E-state index in [4.69, 9.17) is 0 Å². The van der Waals surface area contributed by atoms with Crippen molar-refractivity contribution in [3.05, 3.63) is 49.2 Å². The first-order valence-electron chi connectivity index (χ1n) is 5.45. The van der Waals surface area contributed by atoms with Gasteiger partial charge >= 0.3 is 32.7 Å². The van der Waals surface area contributed by atoms with Crippen molar-refractivity contribution in [1.82, 2.24) is 0 Å². The van der Waals surface area contributed by atoms with Gasteiger partial charge in [-0.3, -0.25) is 0 Å². The van der Waals surface area contributed by atoms with E-state index in [2.05, 4.69) is 38.1 Å². The molecule has 0 heterocycles. The first-order valence-corrected chi connectivity index (χ1v) is 5.45. The van der Waals surface area contributed by atoms with Gasteiger partial charge in [-0.1, -0.05) is 26.7 Å². The quantitative estimate of drug-likeness (QED) is 0.705. The minimum Gasteiger partial charge on any atom is -0.343 e. The fourth-order valence-electron chi connectivity index (χ4n) is 1.24. The molecule has 0 saturated carbocycles. The average Bonchev–Trinajstić information content (AvgIpc) is 2.22. The molecule has 0 saturated heterocycles. The molecule has 0 unspecified atom stereocenters. The summed E-state index contributed by atoms with van der Waals surface area (Å²) in [5.74, 6) is 0. The van der Waals surface area contributed by atoms with E-state index in [9.17, 15) is 0 Å². The van der Waals surface area contributed by atoms with Gasteiger partial charge in [-0.15, -0.1) is 0 Å². The summed E-state index contributed by atoms with van der Waals surface area (Å²) in [7, 11) is 0. The third-order valence-corrected chi connectivity index (χ3v) is 1.81. The van der Waals surface area contributed by atoms with Crippen LogP contribution in [0, 0.1) is 19.9 Å². The molecule has 83 valence electrons. The van der Waals surface area contributed by atoms with Crippen molar-refractivity contribution < 1.29 is 65.4 Å². The molecule has 0 atom stereocenters. The second-order valence-corrected chi connectivity index (χ2v) is 2.91. The Labute approximate surface area is 152 Å². The maximum Gasteiger partial charge on any atom is 3.00 e. The molecule has 1 rings (SSSR count). The Balaban J connectivity index is -0.000000399. The summed E-state index contributed by atoms with van der Waals surface area (Å²) in [6, 6.07) is 9.67. The van der Waals surface area contributed by atoms with Gasteiger partial charge in [-0.2, -0.15) is 48.2 Å². The van der Waals surface area contributed by atoms with E-state index < -0.39 is 0 Å². The average molecular weight is 367 g/mol. The third kappa shape index (κ3) is 10.6. The number of hydrogen-bond acceptors (Lipinski definition) is 0. The Bertz CT molecular complexity index is 213. The van der Waals surface area contributed by atoms with Gasteiger partial charge in [0.25, 0.3) is 0 Å². The Morgan fingerprint density at radius 3 is 1.69 bits per heavy atom. The normalized spacial score (nSPS) is 8.00. The number of rotatable bonds is 4. The molecule has 0 amide bonds. The molecule has 0 bridgehead atoms. The van der Waals surface area contributed by atoms with Crippen LogP contribution in [0.15, 0.2) is 18.2 Å². The number of aryl methyl sites for hydroxylation is 2. The minimum absolute atomic E-state index is 0. The van der Waals surface area contributed by atoms with E-state index in [1.807, 2.05) is 13.8 Å². The van der Waals surface area contributed by atoms with Crippen LogP contribution in [-0.4, -0.2) is 0 Å². The van der Waals surface area contributed by atoms with Gasteiger partial charge in [0, 0.05) is 32.7 Å². The predicted octanol–water partition coefficient (Wildman–Crippen LogP) is 4.04. The third-order valence-electron chi connectivity index (χ3n) is 1.81. The van der Waals surface area contributed by atoms with Crippen LogP contribution in [0.2, 0.25) is 0 Å². The smallest absolute Gasteiger partial charge is 0.343 e. The van der Waals surface area contributed by atoms with Gasteiger partial charge in [0.1, 0.15) is 0 Å². The van der Waals surface area contributed by atoms with Crippen LogP contribution in [0.25, 0.3) is 0 Å². The topological polar surface area (TPSA) is 0 Å². The zero-order valence-electron chi connectivity index (χ0n) is 10.6. The van der Waals surface area contributed by atoms with Crippen LogP contribution >= 0.6 is 0 Å². The Morgan fingerprint density at radius 1 is 1.00 bits per heavy atom. The second-order valence-electron chi connectivity index (χ2n) is 2.91. The summed E-state index contributed by atoms with van der Waals surface area (Å²) in [5.41, 5.74) is 2.55. The van der Waals surface area contributed by atoms with Gasteiger partial charge in [0.05, 0.1) is 0 Å². The minimum atomic E-state index is 0. The number of benzene rings is 1. The number of hydrogen-bond donors (Lipinski definition) is 0. The summed E-state index contributed by atoms with van der Waals surface area (Å²) in [6.07, 6.45) is 3.96. The second kappa shape index (κ2) is 16.4. The first kappa shape index (κ1) is 22.6. The summed E-state index contributed by atoms with van der Waals surface area (Å²) in [6.45, 7) is 11.6. The van der Waals surface area contributed by atoms with Crippen molar-refractivity contribution in [1.29, 1.82) is 0 Å². The molecule has 1 aromatic rings. The summed E-state index contributed by atoms with van der Waals surface area (Å²) in [5, 5.41) is 0. The van der Waals surface area contributed by atoms with E-state index in [-0.39, 0.29) is 65.4 Å². The Kier molecular flexibility index (Phi) is 23.2. The van der Waals surface area contributed by atoms with Crippen LogP contribution in [0.1, 0.15) is 37.8 Å². The van der Waals surface area contributed by atoms with Gasteiger partial charge in [0.2, 0.25) is 0 Å². The fourth-order valence-corrected chi connectivity index (χ4v) is 1.24.